The van der Waals surface area contributed by atoms with Gasteiger partial charge >= 0.3 is 0 Å². The minimum atomic E-state index is 0. The molecule has 0 atom stereocenters. The molecule has 3 heteroatoms. The highest BCUT2D eigenvalue weighted by molar-refractivity contribution is 14.0. The molecule has 0 fully saturated rings. The summed E-state index contributed by atoms with van der Waals surface area (Å²) >= 11 is 0. The van der Waals surface area contributed by atoms with Crippen LogP contribution in [0.5, 0.6) is 5.75 Å². The van der Waals surface area contributed by atoms with Gasteiger partial charge in [-0.25, -0.2) is 0 Å². The molecule has 0 spiro atoms. The van der Waals surface area contributed by atoms with Crippen molar-refractivity contribution in [3.05, 3.63) is 29.8 Å². The molecular weight excluding hydrogens is 301 g/mol. The van der Waals surface area contributed by atoms with E-state index in [0.717, 1.165) is 25.4 Å². The summed E-state index contributed by atoms with van der Waals surface area (Å²) in [7, 11) is 0. The molecule has 15 heavy (non-hydrogen) atoms. The van der Waals surface area contributed by atoms with Crippen molar-refractivity contribution in [2.75, 3.05) is 19.7 Å². The van der Waals surface area contributed by atoms with Gasteiger partial charge in [-0.2, -0.15) is 0 Å². The standard InChI is InChI=1S/C12H19NO.HI/c1-3-7-13-8-9-14-12-6-4-5-11(2)10-12;/h4-6,10,13H,3,7-9H2,1-2H3;1H. The van der Waals surface area contributed by atoms with E-state index in [4.69, 9.17) is 4.74 Å². The van der Waals surface area contributed by atoms with E-state index in [1.807, 2.05) is 12.1 Å². The first-order chi connectivity index (χ1) is 6.83. The van der Waals surface area contributed by atoms with Gasteiger partial charge in [-0.1, -0.05) is 19.1 Å². The summed E-state index contributed by atoms with van der Waals surface area (Å²) in [6.45, 7) is 6.96. The quantitative estimate of drug-likeness (QED) is 0.642. The van der Waals surface area contributed by atoms with Crippen molar-refractivity contribution < 1.29 is 4.74 Å². The van der Waals surface area contributed by atoms with Crippen molar-refractivity contribution in [2.24, 2.45) is 0 Å². The van der Waals surface area contributed by atoms with Gasteiger partial charge in [-0.15, -0.1) is 24.0 Å². The van der Waals surface area contributed by atoms with Crippen LogP contribution in [-0.4, -0.2) is 19.7 Å². The Morgan fingerprint density at radius 2 is 2.07 bits per heavy atom. The van der Waals surface area contributed by atoms with Gasteiger partial charge in [-0.3, -0.25) is 0 Å². The summed E-state index contributed by atoms with van der Waals surface area (Å²) in [5.74, 6) is 0.961. The van der Waals surface area contributed by atoms with Gasteiger partial charge < -0.3 is 10.1 Å². The number of aryl methyl sites for hydroxylation is 1. The summed E-state index contributed by atoms with van der Waals surface area (Å²) in [4.78, 5) is 0. The van der Waals surface area contributed by atoms with Crippen LogP contribution in [0.2, 0.25) is 0 Å². The van der Waals surface area contributed by atoms with Crippen LogP contribution >= 0.6 is 24.0 Å². The lowest BCUT2D eigenvalue weighted by atomic mass is 10.2. The predicted molar refractivity (Wildman–Crippen MR) is 75.2 cm³/mol. The van der Waals surface area contributed by atoms with E-state index in [-0.39, 0.29) is 24.0 Å². The summed E-state index contributed by atoms with van der Waals surface area (Å²) in [6.07, 6.45) is 1.17. The van der Waals surface area contributed by atoms with E-state index in [1.54, 1.807) is 0 Å². The fraction of sp³-hybridized carbons (Fsp3) is 0.500. The third-order valence-electron chi connectivity index (χ3n) is 1.96. The Balaban J connectivity index is 0.00000196. The molecule has 0 saturated carbocycles. The van der Waals surface area contributed by atoms with Crippen molar-refractivity contribution in [1.82, 2.24) is 5.32 Å². The second-order valence-corrected chi connectivity index (χ2v) is 3.41. The van der Waals surface area contributed by atoms with Gasteiger partial charge in [0.05, 0.1) is 0 Å². The monoisotopic (exact) mass is 321 g/mol. The zero-order valence-electron chi connectivity index (χ0n) is 9.45. The van der Waals surface area contributed by atoms with Crippen LogP contribution in [0, 0.1) is 6.92 Å². The molecule has 0 amide bonds. The van der Waals surface area contributed by atoms with Gasteiger partial charge in [0.2, 0.25) is 0 Å². The first-order valence-corrected chi connectivity index (χ1v) is 5.23. The summed E-state index contributed by atoms with van der Waals surface area (Å²) < 4.78 is 5.57. The van der Waals surface area contributed by atoms with E-state index in [0.29, 0.717) is 0 Å². The van der Waals surface area contributed by atoms with Crippen LogP contribution < -0.4 is 10.1 Å². The Hall–Kier alpha value is -0.290. The number of benzene rings is 1. The maximum atomic E-state index is 5.57. The predicted octanol–water partition coefficient (Wildman–Crippen LogP) is 2.99. The third kappa shape index (κ3) is 6.73. The average molecular weight is 321 g/mol. The largest absolute Gasteiger partial charge is 0.492 e. The summed E-state index contributed by atoms with van der Waals surface area (Å²) in [5.41, 5.74) is 1.24. The fourth-order valence-electron chi connectivity index (χ4n) is 1.25. The van der Waals surface area contributed by atoms with Crippen molar-refractivity contribution in [3.63, 3.8) is 0 Å². The molecule has 0 bridgehead atoms. The Kier molecular flexibility index (Phi) is 8.80. The molecule has 0 saturated heterocycles. The number of hydrogen-bond acceptors (Lipinski definition) is 2. The smallest absolute Gasteiger partial charge is 0.119 e. The lowest BCUT2D eigenvalue weighted by Gasteiger charge is -2.07. The van der Waals surface area contributed by atoms with Crippen molar-refractivity contribution in [2.45, 2.75) is 20.3 Å². The highest BCUT2D eigenvalue weighted by Crippen LogP contribution is 2.11. The molecule has 1 rings (SSSR count). The van der Waals surface area contributed by atoms with Crippen LogP contribution in [0.15, 0.2) is 24.3 Å². The molecule has 2 nitrogen and oxygen atoms in total. The average Bonchev–Trinajstić information content (AvgIpc) is 2.18. The van der Waals surface area contributed by atoms with Crippen LogP contribution in [0.3, 0.4) is 0 Å². The maximum Gasteiger partial charge on any atom is 0.119 e. The molecule has 1 aromatic carbocycles. The minimum Gasteiger partial charge on any atom is -0.492 e. The molecule has 0 radical (unpaired) electrons. The highest BCUT2D eigenvalue weighted by Gasteiger charge is 1.92. The van der Waals surface area contributed by atoms with Gasteiger partial charge in [0.1, 0.15) is 12.4 Å². The number of ether oxygens (including phenoxy) is 1. The highest BCUT2D eigenvalue weighted by atomic mass is 127. The van der Waals surface area contributed by atoms with Gasteiger partial charge in [-0.05, 0) is 37.6 Å². The first-order valence-electron chi connectivity index (χ1n) is 5.23. The van der Waals surface area contributed by atoms with Crippen molar-refractivity contribution in [3.8, 4) is 5.75 Å². The molecule has 0 aromatic heterocycles. The van der Waals surface area contributed by atoms with Crippen LogP contribution in [0.25, 0.3) is 0 Å². The topological polar surface area (TPSA) is 21.3 Å². The molecule has 0 aliphatic carbocycles. The maximum absolute atomic E-state index is 5.57. The Morgan fingerprint density at radius 3 is 2.73 bits per heavy atom. The van der Waals surface area contributed by atoms with E-state index in [1.165, 1.54) is 12.0 Å². The second kappa shape index (κ2) is 8.97. The zero-order valence-corrected chi connectivity index (χ0v) is 11.8. The van der Waals surface area contributed by atoms with E-state index in [9.17, 15) is 0 Å². The molecule has 0 aliphatic rings. The Labute approximate surface area is 109 Å². The molecule has 0 aliphatic heterocycles. The van der Waals surface area contributed by atoms with Crippen LogP contribution in [0.1, 0.15) is 18.9 Å². The van der Waals surface area contributed by atoms with Gasteiger partial charge in [0.25, 0.3) is 0 Å². The lowest BCUT2D eigenvalue weighted by molar-refractivity contribution is 0.314. The Morgan fingerprint density at radius 1 is 1.27 bits per heavy atom. The lowest BCUT2D eigenvalue weighted by Crippen LogP contribution is -2.21. The number of halogens is 1. The zero-order chi connectivity index (χ0) is 10.2. The normalized spacial score (nSPS) is 9.47. The fourth-order valence-corrected chi connectivity index (χ4v) is 1.25. The molecule has 1 aromatic rings. The van der Waals surface area contributed by atoms with Crippen molar-refractivity contribution in [1.29, 1.82) is 0 Å². The molecule has 1 N–H and O–H groups in total. The third-order valence-corrected chi connectivity index (χ3v) is 1.96. The Bertz CT molecular complexity index is 266. The molecular formula is C12H20INO. The molecule has 0 unspecified atom stereocenters. The minimum absolute atomic E-state index is 0. The summed E-state index contributed by atoms with van der Waals surface area (Å²) in [5, 5.41) is 3.29. The van der Waals surface area contributed by atoms with E-state index in [2.05, 4.69) is 31.3 Å². The van der Waals surface area contributed by atoms with Crippen LogP contribution in [0.4, 0.5) is 0 Å². The van der Waals surface area contributed by atoms with Gasteiger partial charge in [0, 0.05) is 6.54 Å². The van der Waals surface area contributed by atoms with E-state index >= 15 is 0 Å². The number of nitrogens with one attached hydrogen (secondary N) is 1. The number of hydrogen-bond donors (Lipinski definition) is 1. The summed E-state index contributed by atoms with van der Waals surface area (Å²) in [6, 6.07) is 8.14. The number of rotatable bonds is 6. The molecule has 86 valence electrons. The molecule has 0 heterocycles. The van der Waals surface area contributed by atoms with Crippen molar-refractivity contribution >= 4 is 24.0 Å². The second-order valence-electron chi connectivity index (χ2n) is 3.41. The SMILES string of the molecule is CCCNCCOc1cccc(C)c1.I. The van der Waals surface area contributed by atoms with Crippen LogP contribution in [-0.2, 0) is 0 Å². The van der Waals surface area contributed by atoms with Gasteiger partial charge in [0.15, 0.2) is 0 Å². The first kappa shape index (κ1) is 14.7. The van der Waals surface area contributed by atoms with E-state index < -0.39 is 0 Å².